The Balaban J connectivity index is 1.76. The Morgan fingerprint density at radius 1 is 1.42 bits per heavy atom. The number of aliphatic hydroxyl groups is 1. The van der Waals surface area contributed by atoms with Gasteiger partial charge in [0.05, 0.1) is 18.6 Å². The molecule has 24 heavy (non-hydrogen) atoms. The number of ketones is 1. The Hall–Kier alpha value is -1.85. The van der Waals surface area contributed by atoms with Crippen LogP contribution in [0.25, 0.3) is 0 Å². The highest BCUT2D eigenvalue weighted by Gasteiger charge is 2.33. The molecule has 5 nitrogen and oxygen atoms in total. The molecule has 0 aliphatic heterocycles. The van der Waals surface area contributed by atoms with E-state index in [2.05, 4.69) is 11.9 Å². The number of fused-ring (bicyclic) bond motifs is 1. The van der Waals surface area contributed by atoms with Gasteiger partial charge in [0.15, 0.2) is 12.1 Å². The number of Topliss-reactive ketones (excluding diaryl/α,β-unsaturated/α-hetero) is 1. The van der Waals surface area contributed by atoms with Gasteiger partial charge in [-0.25, -0.2) is 0 Å². The number of carbonyl (C=O) groups excluding carboxylic acids is 1. The van der Waals surface area contributed by atoms with Gasteiger partial charge in [-0.1, -0.05) is 19.8 Å². The summed E-state index contributed by atoms with van der Waals surface area (Å²) in [5.74, 6) is 0.975. The van der Waals surface area contributed by atoms with E-state index in [-0.39, 0.29) is 11.7 Å². The molecule has 2 unspecified atom stereocenters. The highest BCUT2D eigenvalue weighted by molar-refractivity contribution is 6.00. The van der Waals surface area contributed by atoms with Crippen molar-refractivity contribution in [3.63, 3.8) is 0 Å². The average Bonchev–Trinajstić information content (AvgIpc) is 3.20. The summed E-state index contributed by atoms with van der Waals surface area (Å²) in [5, 5.41) is 10.3. The van der Waals surface area contributed by atoms with E-state index in [1.807, 2.05) is 19.1 Å². The molecular formula is C19H25NO4. The highest BCUT2D eigenvalue weighted by Crippen LogP contribution is 2.36. The second-order valence-corrected chi connectivity index (χ2v) is 6.49. The maximum Gasteiger partial charge on any atom is 0.196 e. The van der Waals surface area contributed by atoms with Gasteiger partial charge in [0.2, 0.25) is 0 Å². The maximum atomic E-state index is 12.6. The zero-order valence-electron chi connectivity index (χ0n) is 14.3. The second kappa shape index (κ2) is 7.36. The molecule has 130 valence electrons. The van der Waals surface area contributed by atoms with Crippen LogP contribution in [0.2, 0.25) is 0 Å². The van der Waals surface area contributed by atoms with Crippen LogP contribution in [0.4, 0.5) is 0 Å². The Kier molecular flexibility index (Phi) is 5.21. The Morgan fingerprint density at radius 3 is 2.96 bits per heavy atom. The van der Waals surface area contributed by atoms with E-state index in [1.165, 1.54) is 0 Å². The van der Waals surface area contributed by atoms with E-state index in [1.54, 1.807) is 6.26 Å². The molecule has 0 fully saturated rings. The minimum absolute atomic E-state index is 0.0496. The molecule has 2 aromatic rings. The summed E-state index contributed by atoms with van der Waals surface area (Å²) in [4.78, 5) is 15.8. The summed E-state index contributed by atoms with van der Waals surface area (Å²) < 4.78 is 11.0. The standard InChI is InChI=1S/C19H25NO4/c1-3-4-5-8-24-19(22)18-12(2)17-14(20-18)10-13(11-15(17)21)16-7-6-9-23-16/h6-7,9,13,19-20,22H,3-5,8,10-11H2,1-2H3. The van der Waals surface area contributed by atoms with Crippen molar-refractivity contribution in [1.29, 1.82) is 0 Å². The molecule has 0 radical (unpaired) electrons. The van der Waals surface area contributed by atoms with Gasteiger partial charge in [-0.3, -0.25) is 4.79 Å². The molecule has 5 heteroatoms. The number of unbranched alkanes of at least 4 members (excludes halogenated alkanes) is 2. The highest BCUT2D eigenvalue weighted by atomic mass is 16.6. The van der Waals surface area contributed by atoms with Crippen LogP contribution in [0, 0.1) is 6.92 Å². The molecule has 0 spiro atoms. The first-order valence-electron chi connectivity index (χ1n) is 8.69. The van der Waals surface area contributed by atoms with E-state index >= 15 is 0 Å². The summed E-state index contributed by atoms with van der Waals surface area (Å²) in [5.41, 5.74) is 2.99. The van der Waals surface area contributed by atoms with Crippen molar-refractivity contribution in [2.45, 2.75) is 58.2 Å². The molecule has 2 heterocycles. The summed E-state index contributed by atoms with van der Waals surface area (Å²) >= 11 is 0. The fourth-order valence-electron chi connectivity index (χ4n) is 3.46. The molecule has 1 aliphatic rings. The van der Waals surface area contributed by atoms with Crippen LogP contribution in [0.5, 0.6) is 0 Å². The van der Waals surface area contributed by atoms with Crippen LogP contribution < -0.4 is 0 Å². The van der Waals surface area contributed by atoms with Gasteiger partial charge in [-0.05, 0) is 37.5 Å². The molecule has 0 saturated heterocycles. The Bertz CT molecular complexity index is 687. The topological polar surface area (TPSA) is 75.5 Å². The predicted octanol–water partition coefficient (Wildman–Crippen LogP) is 4.03. The second-order valence-electron chi connectivity index (χ2n) is 6.49. The first-order valence-corrected chi connectivity index (χ1v) is 8.69. The molecule has 0 saturated carbocycles. The molecule has 2 atom stereocenters. The minimum Gasteiger partial charge on any atom is -0.469 e. The first-order chi connectivity index (χ1) is 11.6. The number of aliphatic hydroxyl groups excluding tert-OH is 1. The molecule has 2 N–H and O–H groups in total. The molecule has 3 rings (SSSR count). The lowest BCUT2D eigenvalue weighted by atomic mass is 9.84. The van der Waals surface area contributed by atoms with Crippen molar-refractivity contribution in [1.82, 2.24) is 4.98 Å². The van der Waals surface area contributed by atoms with Crippen molar-refractivity contribution >= 4 is 5.78 Å². The van der Waals surface area contributed by atoms with Crippen LogP contribution in [0.15, 0.2) is 22.8 Å². The largest absolute Gasteiger partial charge is 0.469 e. The smallest absolute Gasteiger partial charge is 0.196 e. The number of rotatable bonds is 7. The third-order valence-electron chi connectivity index (χ3n) is 4.74. The van der Waals surface area contributed by atoms with Gasteiger partial charge in [-0.2, -0.15) is 0 Å². The van der Waals surface area contributed by atoms with Crippen LogP contribution in [-0.4, -0.2) is 22.5 Å². The van der Waals surface area contributed by atoms with Gasteiger partial charge < -0.3 is 19.2 Å². The van der Waals surface area contributed by atoms with Gasteiger partial charge in [0, 0.05) is 23.6 Å². The van der Waals surface area contributed by atoms with Crippen molar-refractivity contribution < 1.29 is 19.1 Å². The number of hydrogen-bond donors (Lipinski definition) is 2. The molecule has 0 amide bonds. The first kappa shape index (κ1) is 17.0. The van der Waals surface area contributed by atoms with Crippen molar-refractivity contribution in [2.24, 2.45) is 0 Å². The number of ether oxygens (including phenoxy) is 1. The van der Waals surface area contributed by atoms with Crippen molar-refractivity contribution in [3.05, 3.63) is 46.7 Å². The van der Waals surface area contributed by atoms with E-state index in [9.17, 15) is 9.90 Å². The maximum absolute atomic E-state index is 12.6. The van der Waals surface area contributed by atoms with Crippen molar-refractivity contribution in [3.8, 4) is 0 Å². The monoisotopic (exact) mass is 331 g/mol. The third-order valence-corrected chi connectivity index (χ3v) is 4.74. The number of furan rings is 1. The van der Waals surface area contributed by atoms with Gasteiger partial charge in [0.1, 0.15) is 5.76 Å². The predicted molar refractivity (Wildman–Crippen MR) is 90.1 cm³/mol. The molecular weight excluding hydrogens is 306 g/mol. The molecule has 0 bridgehead atoms. The normalized spacial score (nSPS) is 18.6. The zero-order valence-corrected chi connectivity index (χ0v) is 14.3. The minimum atomic E-state index is -1.01. The quantitative estimate of drug-likeness (QED) is 0.593. The summed E-state index contributed by atoms with van der Waals surface area (Å²) in [7, 11) is 0. The lowest BCUT2D eigenvalue weighted by Crippen LogP contribution is -2.18. The summed E-state index contributed by atoms with van der Waals surface area (Å²) in [6, 6.07) is 3.75. The number of carbonyl (C=O) groups is 1. The number of nitrogens with one attached hydrogen (secondary N) is 1. The number of hydrogen-bond acceptors (Lipinski definition) is 4. The SMILES string of the molecule is CCCCCOC(O)c1[nH]c2c(c1C)C(=O)CC(c1ccco1)C2. The lowest BCUT2D eigenvalue weighted by Gasteiger charge is -2.19. The lowest BCUT2D eigenvalue weighted by molar-refractivity contribution is -0.106. The zero-order chi connectivity index (χ0) is 17.1. The van der Waals surface area contributed by atoms with Crippen molar-refractivity contribution in [2.75, 3.05) is 6.61 Å². The molecule has 0 aromatic carbocycles. The fourth-order valence-corrected chi connectivity index (χ4v) is 3.46. The third kappa shape index (κ3) is 3.32. The van der Waals surface area contributed by atoms with E-state index in [0.717, 1.165) is 36.3 Å². The number of aromatic nitrogens is 1. The van der Waals surface area contributed by atoms with Crippen LogP contribution in [-0.2, 0) is 11.2 Å². The number of aromatic amines is 1. The van der Waals surface area contributed by atoms with E-state index < -0.39 is 6.29 Å². The van der Waals surface area contributed by atoms with Gasteiger partial charge in [0.25, 0.3) is 0 Å². The van der Waals surface area contributed by atoms with E-state index in [0.29, 0.717) is 30.7 Å². The fraction of sp³-hybridized carbons (Fsp3) is 0.526. The molecule has 1 aliphatic carbocycles. The van der Waals surface area contributed by atoms with Crippen LogP contribution in [0.1, 0.15) is 77.9 Å². The summed E-state index contributed by atoms with van der Waals surface area (Å²) in [6.07, 6.45) is 4.88. The average molecular weight is 331 g/mol. The summed E-state index contributed by atoms with van der Waals surface area (Å²) in [6.45, 7) is 4.51. The van der Waals surface area contributed by atoms with E-state index in [4.69, 9.17) is 9.15 Å². The Morgan fingerprint density at radius 2 is 2.25 bits per heavy atom. The van der Waals surface area contributed by atoms with Crippen LogP contribution >= 0.6 is 0 Å². The van der Waals surface area contributed by atoms with Gasteiger partial charge in [-0.15, -0.1) is 0 Å². The molecule has 2 aromatic heterocycles. The number of H-pyrrole nitrogens is 1. The Labute approximate surface area is 142 Å². The van der Waals surface area contributed by atoms with Gasteiger partial charge >= 0.3 is 0 Å². The van der Waals surface area contributed by atoms with Crippen LogP contribution in [0.3, 0.4) is 0 Å².